The zero-order chi connectivity index (χ0) is 22.8. The highest BCUT2D eigenvalue weighted by Gasteiger charge is 2.18. The molecule has 3 aromatic rings. The number of hydrogen-bond acceptors (Lipinski definition) is 5. The number of nitrogens with zero attached hydrogens (tertiary/aromatic N) is 3. The number of carbonyl (C=O) groups is 1. The minimum atomic E-state index is -0.140. The number of amides is 1. The van der Waals surface area contributed by atoms with E-state index >= 15 is 0 Å². The maximum absolute atomic E-state index is 11.8. The van der Waals surface area contributed by atoms with Crippen molar-refractivity contribution >= 4 is 34.8 Å². The van der Waals surface area contributed by atoms with Crippen molar-refractivity contribution < 1.29 is 9.53 Å². The van der Waals surface area contributed by atoms with E-state index in [1.807, 2.05) is 22.9 Å². The summed E-state index contributed by atoms with van der Waals surface area (Å²) in [4.78, 5) is 17.7. The van der Waals surface area contributed by atoms with E-state index in [9.17, 15) is 4.79 Å². The second-order valence-electron chi connectivity index (χ2n) is 8.78. The predicted octanol–water partition coefficient (Wildman–Crippen LogP) is 5.81. The highest BCUT2D eigenvalue weighted by atomic mass is 32.1. The number of carbonyl (C=O) groups excluding carboxylic acids is 1. The molecule has 0 radical (unpaired) electrons. The maximum atomic E-state index is 11.8. The molecule has 2 aliphatic rings. The van der Waals surface area contributed by atoms with Gasteiger partial charge in [0.15, 0.2) is 6.61 Å². The van der Waals surface area contributed by atoms with E-state index in [0.29, 0.717) is 17.4 Å². The molecule has 1 saturated carbocycles. The molecule has 1 fully saturated rings. The van der Waals surface area contributed by atoms with Gasteiger partial charge >= 0.3 is 0 Å². The van der Waals surface area contributed by atoms with Crippen LogP contribution in [-0.4, -0.2) is 23.4 Å². The molecule has 6 nitrogen and oxygen atoms in total. The van der Waals surface area contributed by atoms with Gasteiger partial charge in [0.05, 0.1) is 17.1 Å². The van der Waals surface area contributed by atoms with Gasteiger partial charge in [-0.25, -0.2) is 9.67 Å². The molecule has 0 unspecified atom stereocenters. The SMILES string of the molecule is Cc1cccc(C)c1N=c1scc(-c2ccc3c(c2)NC(=O)CO3)n1N=CC1CCCCC1. The maximum Gasteiger partial charge on any atom is 0.262 e. The van der Waals surface area contributed by atoms with Crippen molar-refractivity contribution in [3.05, 3.63) is 57.7 Å². The number of anilines is 1. The summed E-state index contributed by atoms with van der Waals surface area (Å²) in [5.74, 6) is 1.05. The van der Waals surface area contributed by atoms with Crippen LogP contribution in [0, 0.1) is 19.8 Å². The number of fused-ring (bicyclic) bond motifs is 1. The molecule has 2 heterocycles. The zero-order valence-corrected chi connectivity index (χ0v) is 19.8. The van der Waals surface area contributed by atoms with E-state index in [1.54, 1.807) is 11.3 Å². The Labute approximate surface area is 197 Å². The fourth-order valence-electron chi connectivity index (χ4n) is 4.45. The van der Waals surface area contributed by atoms with Gasteiger partial charge in [-0.3, -0.25) is 4.79 Å². The van der Waals surface area contributed by atoms with Gasteiger partial charge in [0.25, 0.3) is 5.91 Å². The Balaban J connectivity index is 1.61. The van der Waals surface area contributed by atoms with Crippen LogP contribution in [0.5, 0.6) is 5.75 Å². The average Bonchev–Trinajstić information content (AvgIpc) is 3.22. The summed E-state index contributed by atoms with van der Waals surface area (Å²) in [5.41, 5.74) is 5.85. The minimum absolute atomic E-state index is 0.0509. The summed E-state index contributed by atoms with van der Waals surface area (Å²) < 4.78 is 7.47. The lowest BCUT2D eigenvalue weighted by molar-refractivity contribution is -0.118. The predicted molar refractivity (Wildman–Crippen MR) is 133 cm³/mol. The van der Waals surface area contributed by atoms with Crippen molar-refractivity contribution in [1.82, 2.24) is 4.68 Å². The minimum Gasteiger partial charge on any atom is -0.482 e. The Morgan fingerprint density at radius 1 is 1.12 bits per heavy atom. The standard InChI is InChI=1S/C26H28N4O2S/c1-17-7-6-8-18(2)25(17)29-26-30(27-14-19-9-4-3-5-10-19)22(16-33-26)20-11-12-23-21(13-20)28-24(31)15-32-23/h6-8,11-14,16,19H,3-5,9-10,15H2,1-2H3,(H,28,31). The van der Waals surface area contributed by atoms with Gasteiger partial charge in [0.1, 0.15) is 5.75 Å². The fraction of sp³-hybridized carbons (Fsp3) is 0.346. The van der Waals surface area contributed by atoms with E-state index in [4.69, 9.17) is 14.8 Å². The van der Waals surface area contributed by atoms with Crippen LogP contribution in [0.4, 0.5) is 11.4 Å². The highest BCUT2D eigenvalue weighted by molar-refractivity contribution is 7.07. The first kappa shape index (κ1) is 21.6. The second-order valence-corrected chi connectivity index (χ2v) is 9.61. The molecule has 1 aliphatic carbocycles. The van der Waals surface area contributed by atoms with Crippen molar-refractivity contribution in [2.24, 2.45) is 16.0 Å². The summed E-state index contributed by atoms with van der Waals surface area (Å²) in [6.07, 6.45) is 8.33. The Hall–Kier alpha value is -3.19. The molecule has 0 spiro atoms. The highest BCUT2D eigenvalue weighted by Crippen LogP contribution is 2.33. The summed E-state index contributed by atoms with van der Waals surface area (Å²) >= 11 is 1.57. The molecular weight excluding hydrogens is 432 g/mol. The van der Waals surface area contributed by atoms with Crippen LogP contribution in [0.2, 0.25) is 0 Å². The number of benzene rings is 2. The first-order chi connectivity index (χ1) is 16.1. The van der Waals surface area contributed by atoms with Crippen LogP contribution in [0.25, 0.3) is 11.3 Å². The zero-order valence-electron chi connectivity index (χ0n) is 19.0. The van der Waals surface area contributed by atoms with E-state index in [1.165, 1.54) is 32.1 Å². The molecule has 0 saturated heterocycles. The quantitative estimate of drug-likeness (QED) is 0.499. The molecule has 170 valence electrons. The molecule has 0 bridgehead atoms. The summed E-state index contributed by atoms with van der Waals surface area (Å²) in [5, 5.41) is 9.92. The lowest BCUT2D eigenvalue weighted by Gasteiger charge is -2.19. The lowest BCUT2D eigenvalue weighted by atomic mass is 9.90. The molecular formula is C26H28N4O2S. The van der Waals surface area contributed by atoms with Gasteiger partial charge in [0.2, 0.25) is 4.80 Å². The largest absolute Gasteiger partial charge is 0.482 e. The van der Waals surface area contributed by atoms with Crippen molar-refractivity contribution in [3.8, 4) is 17.0 Å². The third-order valence-electron chi connectivity index (χ3n) is 6.28. The number of rotatable bonds is 4. The van der Waals surface area contributed by atoms with Gasteiger partial charge in [-0.1, -0.05) is 37.5 Å². The molecule has 1 aliphatic heterocycles. The number of para-hydroxylation sites is 1. The monoisotopic (exact) mass is 460 g/mol. The van der Waals surface area contributed by atoms with E-state index in [2.05, 4.69) is 49.0 Å². The topological polar surface area (TPSA) is 68.0 Å². The molecule has 1 aromatic heterocycles. The number of thiazole rings is 1. The van der Waals surface area contributed by atoms with Crippen LogP contribution in [0.1, 0.15) is 43.2 Å². The summed E-state index contributed by atoms with van der Waals surface area (Å²) in [6, 6.07) is 12.1. The molecule has 7 heteroatoms. The van der Waals surface area contributed by atoms with Gasteiger partial charge in [-0.15, -0.1) is 11.3 Å². The fourth-order valence-corrected chi connectivity index (χ4v) is 5.29. The molecule has 1 N–H and O–H groups in total. The van der Waals surface area contributed by atoms with E-state index < -0.39 is 0 Å². The number of aromatic nitrogens is 1. The Kier molecular flexibility index (Phi) is 6.13. The van der Waals surface area contributed by atoms with E-state index in [0.717, 1.165) is 32.9 Å². The van der Waals surface area contributed by atoms with Crippen molar-refractivity contribution in [2.45, 2.75) is 46.0 Å². The number of aryl methyl sites for hydroxylation is 2. The van der Waals surface area contributed by atoms with Crippen molar-refractivity contribution in [1.29, 1.82) is 0 Å². The van der Waals surface area contributed by atoms with Crippen LogP contribution >= 0.6 is 11.3 Å². The van der Waals surface area contributed by atoms with Crippen LogP contribution in [0.15, 0.2) is 51.9 Å². The number of hydrogen-bond donors (Lipinski definition) is 1. The molecule has 2 aromatic carbocycles. The van der Waals surface area contributed by atoms with E-state index in [-0.39, 0.29) is 12.5 Å². The van der Waals surface area contributed by atoms with Gasteiger partial charge < -0.3 is 10.1 Å². The number of ether oxygens (including phenoxy) is 1. The molecule has 0 atom stereocenters. The lowest BCUT2D eigenvalue weighted by Crippen LogP contribution is -2.25. The third-order valence-corrected chi connectivity index (χ3v) is 7.10. The van der Waals surface area contributed by atoms with Gasteiger partial charge in [-0.2, -0.15) is 5.10 Å². The van der Waals surface area contributed by atoms with Crippen LogP contribution < -0.4 is 14.9 Å². The van der Waals surface area contributed by atoms with Crippen LogP contribution in [0.3, 0.4) is 0 Å². The smallest absolute Gasteiger partial charge is 0.262 e. The summed E-state index contributed by atoms with van der Waals surface area (Å²) in [7, 11) is 0. The third kappa shape index (κ3) is 4.64. The first-order valence-corrected chi connectivity index (χ1v) is 12.4. The Morgan fingerprint density at radius 2 is 1.91 bits per heavy atom. The van der Waals surface area contributed by atoms with Gasteiger partial charge in [0, 0.05) is 17.2 Å². The summed E-state index contributed by atoms with van der Waals surface area (Å²) in [6.45, 7) is 4.22. The Bertz CT molecular complexity index is 1260. The molecule has 1 amide bonds. The normalized spacial score (nSPS) is 17.2. The van der Waals surface area contributed by atoms with Crippen LogP contribution in [-0.2, 0) is 4.79 Å². The Morgan fingerprint density at radius 3 is 2.70 bits per heavy atom. The van der Waals surface area contributed by atoms with Gasteiger partial charge in [-0.05, 0) is 61.9 Å². The van der Waals surface area contributed by atoms with Crippen molar-refractivity contribution in [3.63, 3.8) is 0 Å². The van der Waals surface area contributed by atoms with Crippen molar-refractivity contribution in [2.75, 3.05) is 11.9 Å². The molecule has 5 rings (SSSR count). The second kappa shape index (κ2) is 9.35. The first-order valence-electron chi connectivity index (χ1n) is 11.5. The average molecular weight is 461 g/mol. The molecule has 33 heavy (non-hydrogen) atoms. The number of nitrogens with one attached hydrogen (secondary N) is 1.